The quantitative estimate of drug-likeness (QED) is 0.348. The van der Waals surface area contributed by atoms with Crippen LogP contribution >= 0.6 is 0 Å². The molecule has 0 rings (SSSR count). The molecule has 1 amide bonds. The summed E-state index contributed by atoms with van der Waals surface area (Å²) in [5.41, 5.74) is 5.64. The van der Waals surface area contributed by atoms with Gasteiger partial charge in [-0.25, -0.2) is 0 Å². The third-order valence-corrected chi connectivity index (χ3v) is 4.34. The molecule has 0 fully saturated rings. The van der Waals surface area contributed by atoms with Gasteiger partial charge in [-0.05, 0) is 12.8 Å². The second-order valence-electron chi connectivity index (χ2n) is 6.72. The predicted molar refractivity (Wildman–Crippen MR) is 98.9 cm³/mol. The molecule has 0 radical (unpaired) electrons. The number of carboxylic acid groups (broad SMARTS) is 1. The number of aliphatic carboxylic acids is 1. The zero-order chi connectivity index (χ0) is 18.0. The maximum Gasteiger partial charge on any atom is 0.303 e. The lowest BCUT2D eigenvalue weighted by Gasteiger charge is -2.11. The minimum atomic E-state index is -0.917. The highest BCUT2D eigenvalue weighted by Crippen LogP contribution is 2.11. The van der Waals surface area contributed by atoms with Gasteiger partial charge in [-0.1, -0.05) is 77.6 Å². The van der Waals surface area contributed by atoms with Crippen molar-refractivity contribution in [1.82, 2.24) is 5.32 Å². The number of hydrogen-bond acceptors (Lipinski definition) is 3. The number of nitrogens with two attached hydrogens (primary N) is 1. The van der Waals surface area contributed by atoms with Gasteiger partial charge in [-0.2, -0.15) is 0 Å². The van der Waals surface area contributed by atoms with Gasteiger partial charge in [0.15, 0.2) is 0 Å². The minimum absolute atomic E-state index is 0.0623. The fourth-order valence-corrected chi connectivity index (χ4v) is 2.72. The van der Waals surface area contributed by atoms with Crippen molar-refractivity contribution < 1.29 is 14.7 Å². The van der Waals surface area contributed by atoms with E-state index in [4.69, 9.17) is 10.8 Å². The van der Waals surface area contributed by atoms with Crippen LogP contribution in [0.1, 0.15) is 96.8 Å². The molecule has 1 atom stereocenters. The SMILES string of the molecule is CCCCCCCCCCCCCCNC(=O)C(N)CCC(=O)O. The van der Waals surface area contributed by atoms with Gasteiger partial charge in [0.1, 0.15) is 0 Å². The summed E-state index contributed by atoms with van der Waals surface area (Å²) >= 11 is 0. The highest BCUT2D eigenvalue weighted by molar-refractivity contribution is 5.82. The summed E-state index contributed by atoms with van der Waals surface area (Å²) in [6.07, 6.45) is 15.6. The Balaban J connectivity index is 3.27. The summed E-state index contributed by atoms with van der Waals surface area (Å²) in [4.78, 5) is 22.1. The van der Waals surface area contributed by atoms with E-state index in [1.165, 1.54) is 64.2 Å². The molecule has 0 saturated heterocycles. The fraction of sp³-hybridized carbons (Fsp3) is 0.895. The molecule has 0 aromatic carbocycles. The fourth-order valence-electron chi connectivity index (χ4n) is 2.72. The molecule has 0 aromatic rings. The van der Waals surface area contributed by atoms with Crippen molar-refractivity contribution in [3.05, 3.63) is 0 Å². The Bertz CT molecular complexity index is 322. The number of rotatable bonds is 17. The molecular weight excluding hydrogens is 304 g/mol. The van der Waals surface area contributed by atoms with Crippen LogP contribution in [-0.4, -0.2) is 29.6 Å². The second kappa shape index (κ2) is 16.7. The van der Waals surface area contributed by atoms with Gasteiger partial charge in [0.2, 0.25) is 5.91 Å². The maximum absolute atomic E-state index is 11.6. The van der Waals surface area contributed by atoms with Crippen molar-refractivity contribution in [3.63, 3.8) is 0 Å². The van der Waals surface area contributed by atoms with Crippen molar-refractivity contribution in [1.29, 1.82) is 0 Å². The molecule has 24 heavy (non-hydrogen) atoms. The largest absolute Gasteiger partial charge is 0.481 e. The first-order valence-corrected chi connectivity index (χ1v) is 9.83. The molecule has 0 spiro atoms. The average Bonchev–Trinajstić information content (AvgIpc) is 2.56. The lowest BCUT2D eigenvalue weighted by molar-refractivity contribution is -0.137. The summed E-state index contributed by atoms with van der Waals surface area (Å²) in [5.74, 6) is -1.15. The number of nitrogens with one attached hydrogen (secondary N) is 1. The van der Waals surface area contributed by atoms with Crippen molar-refractivity contribution >= 4 is 11.9 Å². The molecule has 0 aromatic heterocycles. The molecule has 0 aliphatic rings. The van der Waals surface area contributed by atoms with E-state index < -0.39 is 12.0 Å². The standard InChI is InChI=1S/C19H38N2O3/c1-2-3-4-5-6-7-8-9-10-11-12-13-16-21-19(24)17(20)14-15-18(22)23/h17H,2-16,20H2,1H3,(H,21,24)(H,22,23). The van der Waals surface area contributed by atoms with Crippen molar-refractivity contribution in [2.45, 2.75) is 103 Å². The first kappa shape index (κ1) is 22.9. The Morgan fingerprint density at radius 3 is 1.79 bits per heavy atom. The molecule has 0 saturated carbocycles. The Hall–Kier alpha value is -1.10. The Kier molecular flexibility index (Phi) is 16.0. The Morgan fingerprint density at radius 2 is 1.33 bits per heavy atom. The number of carboxylic acids is 1. The van der Waals surface area contributed by atoms with E-state index in [0.29, 0.717) is 6.54 Å². The van der Waals surface area contributed by atoms with E-state index in [1.54, 1.807) is 0 Å². The van der Waals surface area contributed by atoms with Crippen LogP contribution < -0.4 is 11.1 Å². The van der Waals surface area contributed by atoms with Crippen molar-refractivity contribution in [3.8, 4) is 0 Å². The summed E-state index contributed by atoms with van der Waals surface area (Å²) in [6.45, 7) is 2.89. The van der Waals surface area contributed by atoms with Gasteiger partial charge in [-0.3, -0.25) is 9.59 Å². The summed E-state index contributed by atoms with van der Waals surface area (Å²) < 4.78 is 0. The number of unbranched alkanes of at least 4 members (excludes halogenated alkanes) is 11. The molecule has 0 aliphatic heterocycles. The first-order chi connectivity index (χ1) is 11.6. The lowest BCUT2D eigenvalue weighted by atomic mass is 10.1. The van der Waals surface area contributed by atoms with Crippen LogP contribution in [0.4, 0.5) is 0 Å². The van der Waals surface area contributed by atoms with E-state index in [9.17, 15) is 9.59 Å². The molecule has 0 bridgehead atoms. The van der Waals surface area contributed by atoms with Crippen LogP contribution in [-0.2, 0) is 9.59 Å². The van der Waals surface area contributed by atoms with E-state index in [-0.39, 0.29) is 18.7 Å². The zero-order valence-corrected chi connectivity index (χ0v) is 15.5. The van der Waals surface area contributed by atoms with Gasteiger partial charge >= 0.3 is 5.97 Å². The predicted octanol–water partition coefficient (Wildman–Crippen LogP) is 4.00. The highest BCUT2D eigenvalue weighted by Gasteiger charge is 2.13. The van der Waals surface area contributed by atoms with Crippen LogP contribution in [0.15, 0.2) is 0 Å². The van der Waals surface area contributed by atoms with Crippen LogP contribution in [0.25, 0.3) is 0 Å². The molecule has 142 valence electrons. The van der Waals surface area contributed by atoms with E-state index in [2.05, 4.69) is 12.2 Å². The monoisotopic (exact) mass is 342 g/mol. The highest BCUT2D eigenvalue weighted by atomic mass is 16.4. The number of carbonyl (C=O) groups is 2. The van der Waals surface area contributed by atoms with Crippen LogP contribution in [0.2, 0.25) is 0 Å². The summed E-state index contributed by atoms with van der Waals surface area (Å²) in [6, 6.07) is -0.710. The summed E-state index contributed by atoms with van der Waals surface area (Å²) in [7, 11) is 0. The second-order valence-corrected chi connectivity index (χ2v) is 6.72. The third kappa shape index (κ3) is 15.8. The number of carbonyl (C=O) groups excluding carboxylic acids is 1. The Morgan fingerprint density at radius 1 is 0.875 bits per heavy atom. The minimum Gasteiger partial charge on any atom is -0.481 e. The maximum atomic E-state index is 11.6. The molecular formula is C19H38N2O3. The van der Waals surface area contributed by atoms with Gasteiger partial charge < -0.3 is 16.2 Å². The molecule has 5 nitrogen and oxygen atoms in total. The lowest BCUT2D eigenvalue weighted by Crippen LogP contribution is -2.41. The molecule has 4 N–H and O–H groups in total. The van der Waals surface area contributed by atoms with E-state index >= 15 is 0 Å². The normalized spacial score (nSPS) is 12.1. The molecule has 0 heterocycles. The average molecular weight is 343 g/mol. The number of amides is 1. The molecule has 1 unspecified atom stereocenters. The molecule has 5 heteroatoms. The zero-order valence-electron chi connectivity index (χ0n) is 15.5. The summed E-state index contributed by atoms with van der Waals surface area (Å²) in [5, 5.41) is 11.3. The third-order valence-electron chi connectivity index (χ3n) is 4.34. The molecule has 0 aliphatic carbocycles. The van der Waals surface area contributed by atoms with Crippen LogP contribution in [0.5, 0.6) is 0 Å². The smallest absolute Gasteiger partial charge is 0.303 e. The van der Waals surface area contributed by atoms with Gasteiger partial charge in [-0.15, -0.1) is 0 Å². The number of hydrogen-bond donors (Lipinski definition) is 3. The topological polar surface area (TPSA) is 92.4 Å². The van der Waals surface area contributed by atoms with Crippen LogP contribution in [0.3, 0.4) is 0 Å². The van der Waals surface area contributed by atoms with Crippen molar-refractivity contribution in [2.75, 3.05) is 6.54 Å². The van der Waals surface area contributed by atoms with Gasteiger partial charge in [0, 0.05) is 13.0 Å². The van der Waals surface area contributed by atoms with Gasteiger partial charge in [0.05, 0.1) is 6.04 Å². The Labute approximate surface area is 147 Å². The van der Waals surface area contributed by atoms with Crippen molar-refractivity contribution in [2.24, 2.45) is 5.73 Å². The van der Waals surface area contributed by atoms with Gasteiger partial charge in [0.25, 0.3) is 0 Å². The van der Waals surface area contributed by atoms with E-state index in [1.807, 2.05) is 0 Å². The van der Waals surface area contributed by atoms with E-state index in [0.717, 1.165) is 12.8 Å². The van der Waals surface area contributed by atoms with Crippen LogP contribution in [0, 0.1) is 0 Å². The first-order valence-electron chi connectivity index (χ1n) is 9.83.